The van der Waals surface area contributed by atoms with Gasteiger partial charge in [0, 0.05) is 15.6 Å². The maximum atomic E-state index is 12.6. The van der Waals surface area contributed by atoms with Crippen molar-refractivity contribution in [3.8, 4) is 0 Å². The summed E-state index contributed by atoms with van der Waals surface area (Å²) in [6.07, 6.45) is -4.98. The maximum Gasteiger partial charge on any atom is 0.416 e. The second kappa shape index (κ2) is 7.97. The van der Waals surface area contributed by atoms with Crippen LogP contribution in [0.1, 0.15) is 33.9 Å². The second-order valence-corrected chi connectivity index (χ2v) is 6.21. The van der Waals surface area contributed by atoms with Gasteiger partial charge in [0.05, 0.1) is 18.0 Å². The number of hydrogen-bond acceptors (Lipinski definition) is 2. The standard InChI is InChI=1S/C17H12Cl2F3NO3/c18-11-5-6-12(13(19)7-11)14(8-15(24)25)23-16(26)9-1-3-10(4-2-9)17(20,21)22/h1-7,14H,8H2,(H,23,26)(H,24,25). The minimum absolute atomic E-state index is 0.0431. The first-order valence-corrected chi connectivity index (χ1v) is 7.98. The van der Waals surface area contributed by atoms with Gasteiger partial charge >= 0.3 is 12.1 Å². The van der Waals surface area contributed by atoms with E-state index >= 15 is 0 Å². The van der Waals surface area contributed by atoms with Gasteiger partial charge in [-0.3, -0.25) is 9.59 Å². The number of hydrogen-bond donors (Lipinski definition) is 2. The highest BCUT2D eigenvalue weighted by atomic mass is 35.5. The van der Waals surface area contributed by atoms with Crippen molar-refractivity contribution in [3.05, 3.63) is 69.2 Å². The van der Waals surface area contributed by atoms with Crippen LogP contribution in [-0.4, -0.2) is 17.0 Å². The van der Waals surface area contributed by atoms with E-state index in [1.807, 2.05) is 0 Å². The summed E-state index contributed by atoms with van der Waals surface area (Å²) in [5.74, 6) is -1.91. The summed E-state index contributed by atoms with van der Waals surface area (Å²) in [7, 11) is 0. The third-order valence-corrected chi connectivity index (χ3v) is 4.06. The van der Waals surface area contributed by atoms with Gasteiger partial charge in [0.25, 0.3) is 5.91 Å². The molecule has 138 valence electrons. The largest absolute Gasteiger partial charge is 0.481 e. The van der Waals surface area contributed by atoms with Gasteiger partial charge in [-0.1, -0.05) is 29.3 Å². The molecule has 9 heteroatoms. The molecular formula is C17H12Cl2F3NO3. The lowest BCUT2D eigenvalue weighted by atomic mass is 10.0. The molecule has 1 unspecified atom stereocenters. The molecule has 2 N–H and O–H groups in total. The molecule has 0 aliphatic heterocycles. The Balaban J connectivity index is 2.25. The van der Waals surface area contributed by atoms with Gasteiger partial charge < -0.3 is 10.4 Å². The van der Waals surface area contributed by atoms with Crippen molar-refractivity contribution in [3.63, 3.8) is 0 Å². The molecule has 0 fully saturated rings. The third-order valence-electron chi connectivity index (χ3n) is 3.50. The first kappa shape index (κ1) is 20.1. The number of benzene rings is 2. The molecule has 0 aromatic heterocycles. The first-order chi connectivity index (χ1) is 12.1. The van der Waals surface area contributed by atoms with Crippen LogP contribution in [0.4, 0.5) is 13.2 Å². The van der Waals surface area contributed by atoms with Gasteiger partial charge in [0.15, 0.2) is 0 Å². The van der Waals surface area contributed by atoms with Crippen molar-refractivity contribution in [1.29, 1.82) is 0 Å². The summed E-state index contributed by atoms with van der Waals surface area (Å²) < 4.78 is 37.7. The molecule has 0 spiro atoms. The number of amides is 1. The molecule has 0 aliphatic carbocycles. The normalized spacial score (nSPS) is 12.5. The average molecular weight is 406 g/mol. The van der Waals surface area contributed by atoms with E-state index in [4.69, 9.17) is 28.3 Å². The van der Waals surface area contributed by atoms with Gasteiger partial charge in [-0.15, -0.1) is 0 Å². The van der Waals surface area contributed by atoms with Gasteiger partial charge in [-0.05, 0) is 42.0 Å². The highest BCUT2D eigenvalue weighted by molar-refractivity contribution is 6.35. The van der Waals surface area contributed by atoms with Gasteiger partial charge in [0.1, 0.15) is 0 Å². The zero-order valence-electron chi connectivity index (χ0n) is 13.0. The smallest absolute Gasteiger partial charge is 0.416 e. The van der Waals surface area contributed by atoms with Crippen LogP contribution >= 0.6 is 23.2 Å². The summed E-state index contributed by atoms with van der Waals surface area (Å²) in [5.41, 5.74) is -0.603. The Bertz CT molecular complexity index is 823. The van der Waals surface area contributed by atoms with E-state index in [9.17, 15) is 22.8 Å². The van der Waals surface area contributed by atoms with E-state index in [-0.39, 0.29) is 10.6 Å². The highest BCUT2D eigenvalue weighted by Gasteiger charge is 2.30. The summed E-state index contributed by atoms with van der Waals surface area (Å²) >= 11 is 11.9. The summed E-state index contributed by atoms with van der Waals surface area (Å²) in [5, 5.41) is 12.0. The van der Waals surface area contributed by atoms with E-state index < -0.39 is 36.1 Å². The minimum Gasteiger partial charge on any atom is -0.481 e. The molecule has 2 rings (SSSR count). The Kier molecular flexibility index (Phi) is 6.15. The van der Waals surface area contributed by atoms with Gasteiger partial charge in [0.2, 0.25) is 0 Å². The maximum absolute atomic E-state index is 12.6. The number of carbonyl (C=O) groups excluding carboxylic acids is 1. The van der Waals surface area contributed by atoms with Crippen molar-refractivity contribution in [1.82, 2.24) is 5.32 Å². The van der Waals surface area contributed by atoms with Crippen LogP contribution in [0.3, 0.4) is 0 Å². The molecule has 1 amide bonds. The molecule has 0 aliphatic rings. The zero-order chi connectivity index (χ0) is 19.5. The lowest BCUT2D eigenvalue weighted by molar-refractivity contribution is -0.138. The number of carbonyl (C=O) groups is 2. The molecular weight excluding hydrogens is 394 g/mol. The number of rotatable bonds is 5. The molecule has 0 radical (unpaired) electrons. The Morgan fingerprint density at radius 1 is 1.08 bits per heavy atom. The van der Waals surface area contributed by atoms with Crippen molar-refractivity contribution in [2.75, 3.05) is 0 Å². The molecule has 2 aromatic carbocycles. The summed E-state index contributed by atoms with van der Waals surface area (Å²) in [6, 6.07) is 6.96. The van der Waals surface area contributed by atoms with Crippen molar-refractivity contribution in [2.24, 2.45) is 0 Å². The van der Waals surface area contributed by atoms with Crippen LogP contribution in [0.5, 0.6) is 0 Å². The Hall–Kier alpha value is -2.25. The monoisotopic (exact) mass is 405 g/mol. The van der Waals surface area contributed by atoms with Crippen LogP contribution in [0.2, 0.25) is 10.0 Å². The average Bonchev–Trinajstić information content (AvgIpc) is 2.53. The lowest BCUT2D eigenvalue weighted by Gasteiger charge is -2.19. The molecule has 2 aromatic rings. The SMILES string of the molecule is O=C(O)CC(NC(=O)c1ccc(C(F)(F)F)cc1)c1ccc(Cl)cc1Cl. The molecule has 4 nitrogen and oxygen atoms in total. The summed E-state index contributed by atoms with van der Waals surface area (Å²) in [6.45, 7) is 0. The number of halogens is 5. The molecule has 26 heavy (non-hydrogen) atoms. The van der Waals surface area contributed by atoms with Gasteiger partial charge in [-0.25, -0.2) is 0 Å². The van der Waals surface area contributed by atoms with Crippen LogP contribution in [0.15, 0.2) is 42.5 Å². The zero-order valence-corrected chi connectivity index (χ0v) is 14.5. The van der Waals surface area contributed by atoms with Crippen molar-refractivity contribution < 1.29 is 27.9 Å². The quantitative estimate of drug-likeness (QED) is 0.738. The van der Waals surface area contributed by atoms with E-state index in [1.54, 1.807) is 0 Å². The Morgan fingerprint density at radius 2 is 1.69 bits per heavy atom. The number of carboxylic acids is 1. The number of nitrogens with one attached hydrogen (secondary N) is 1. The Morgan fingerprint density at radius 3 is 2.19 bits per heavy atom. The van der Waals surface area contributed by atoms with Gasteiger partial charge in [-0.2, -0.15) is 13.2 Å². The van der Waals surface area contributed by atoms with Crippen LogP contribution in [0.25, 0.3) is 0 Å². The highest BCUT2D eigenvalue weighted by Crippen LogP contribution is 2.30. The molecule has 0 saturated carbocycles. The third kappa shape index (κ3) is 5.12. The fraction of sp³-hybridized carbons (Fsp3) is 0.176. The molecule has 1 atom stereocenters. The number of alkyl halides is 3. The summed E-state index contributed by atoms with van der Waals surface area (Å²) in [4.78, 5) is 23.4. The molecule has 0 bridgehead atoms. The fourth-order valence-electron chi connectivity index (χ4n) is 2.25. The fourth-order valence-corrected chi connectivity index (χ4v) is 2.79. The predicted molar refractivity (Wildman–Crippen MR) is 90.4 cm³/mol. The Labute approximate surface area is 156 Å². The molecule has 0 heterocycles. The lowest BCUT2D eigenvalue weighted by Crippen LogP contribution is -2.30. The predicted octanol–water partition coefficient (Wildman–Crippen LogP) is 4.96. The van der Waals surface area contributed by atoms with E-state index in [1.165, 1.54) is 18.2 Å². The minimum atomic E-state index is -4.52. The van der Waals surface area contributed by atoms with Crippen LogP contribution in [-0.2, 0) is 11.0 Å². The van der Waals surface area contributed by atoms with E-state index in [0.29, 0.717) is 10.6 Å². The van der Waals surface area contributed by atoms with Crippen molar-refractivity contribution >= 4 is 35.1 Å². The van der Waals surface area contributed by atoms with E-state index in [2.05, 4.69) is 5.32 Å². The van der Waals surface area contributed by atoms with Crippen LogP contribution in [0, 0.1) is 0 Å². The molecule has 0 saturated heterocycles. The number of carboxylic acid groups (broad SMARTS) is 1. The van der Waals surface area contributed by atoms with E-state index in [0.717, 1.165) is 24.3 Å². The second-order valence-electron chi connectivity index (χ2n) is 5.36. The van der Waals surface area contributed by atoms with Crippen LogP contribution < -0.4 is 5.32 Å². The first-order valence-electron chi connectivity index (χ1n) is 7.23. The van der Waals surface area contributed by atoms with Crippen molar-refractivity contribution in [2.45, 2.75) is 18.6 Å². The topological polar surface area (TPSA) is 66.4 Å². The number of aliphatic carboxylic acids is 1.